The standard InChI is InChI=1S/C15H17FIN3/c1-4-5-12-13(17)15(18-3)20-14(19-12)11-8-10(16)7-6-9(11)2/h6-8H,4-5H2,1-3H3,(H,18,19,20). The number of nitrogens with zero attached hydrogens (tertiary/aromatic N) is 2. The Hall–Kier alpha value is -1.24. The highest BCUT2D eigenvalue weighted by atomic mass is 127. The highest BCUT2D eigenvalue weighted by Gasteiger charge is 2.14. The molecule has 1 aromatic carbocycles. The molecule has 0 aliphatic carbocycles. The second-order valence-electron chi connectivity index (χ2n) is 4.62. The molecule has 0 radical (unpaired) electrons. The van der Waals surface area contributed by atoms with Gasteiger partial charge >= 0.3 is 0 Å². The maximum absolute atomic E-state index is 13.5. The largest absolute Gasteiger partial charge is 0.372 e. The van der Waals surface area contributed by atoms with Crippen LogP contribution in [0.5, 0.6) is 0 Å². The predicted molar refractivity (Wildman–Crippen MR) is 88.4 cm³/mol. The van der Waals surface area contributed by atoms with E-state index in [0.717, 1.165) is 39.1 Å². The molecule has 2 aromatic rings. The number of benzene rings is 1. The van der Waals surface area contributed by atoms with Crippen molar-refractivity contribution in [1.82, 2.24) is 9.97 Å². The summed E-state index contributed by atoms with van der Waals surface area (Å²) in [6.45, 7) is 4.05. The van der Waals surface area contributed by atoms with Crippen LogP contribution in [0.2, 0.25) is 0 Å². The number of hydrogen-bond acceptors (Lipinski definition) is 3. The van der Waals surface area contributed by atoms with Crippen LogP contribution in [0, 0.1) is 16.3 Å². The van der Waals surface area contributed by atoms with Crippen molar-refractivity contribution in [3.8, 4) is 11.4 Å². The molecule has 0 aliphatic heterocycles. The molecular weight excluding hydrogens is 368 g/mol. The van der Waals surface area contributed by atoms with Gasteiger partial charge in [-0.05, 0) is 53.6 Å². The number of aromatic nitrogens is 2. The van der Waals surface area contributed by atoms with Crippen molar-refractivity contribution >= 4 is 28.4 Å². The van der Waals surface area contributed by atoms with Gasteiger partial charge in [0.25, 0.3) is 0 Å². The molecule has 106 valence electrons. The SMILES string of the molecule is CCCc1nc(-c2cc(F)ccc2C)nc(NC)c1I. The topological polar surface area (TPSA) is 37.8 Å². The molecule has 5 heteroatoms. The zero-order valence-electron chi connectivity index (χ0n) is 11.8. The zero-order chi connectivity index (χ0) is 14.7. The number of rotatable bonds is 4. The monoisotopic (exact) mass is 385 g/mol. The lowest BCUT2D eigenvalue weighted by Gasteiger charge is -2.12. The van der Waals surface area contributed by atoms with Gasteiger partial charge in [-0.25, -0.2) is 14.4 Å². The number of hydrogen-bond donors (Lipinski definition) is 1. The van der Waals surface area contributed by atoms with E-state index in [1.165, 1.54) is 12.1 Å². The second kappa shape index (κ2) is 6.47. The van der Waals surface area contributed by atoms with Crippen LogP contribution < -0.4 is 5.32 Å². The van der Waals surface area contributed by atoms with E-state index in [-0.39, 0.29) is 5.82 Å². The maximum atomic E-state index is 13.5. The minimum atomic E-state index is -0.268. The summed E-state index contributed by atoms with van der Waals surface area (Å²) in [6.07, 6.45) is 1.90. The molecular formula is C15H17FIN3. The van der Waals surface area contributed by atoms with Crippen molar-refractivity contribution in [2.24, 2.45) is 0 Å². The third-order valence-electron chi connectivity index (χ3n) is 3.08. The molecule has 0 saturated carbocycles. The molecule has 0 atom stereocenters. The summed E-state index contributed by atoms with van der Waals surface area (Å²) in [5, 5.41) is 3.09. The summed E-state index contributed by atoms with van der Waals surface area (Å²) < 4.78 is 14.5. The van der Waals surface area contributed by atoms with Gasteiger partial charge in [0.1, 0.15) is 11.6 Å². The quantitative estimate of drug-likeness (QED) is 0.803. The lowest BCUT2D eigenvalue weighted by Crippen LogP contribution is -2.06. The van der Waals surface area contributed by atoms with Gasteiger partial charge in [-0.1, -0.05) is 19.4 Å². The third kappa shape index (κ3) is 3.08. The highest BCUT2D eigenvalue weighted by molar-refractivity contribution is 14.1. The fourth-order valence-electron chi connectivity index (χ4n) is 2.02. The van der Waals surface area contributed by atoms with Crippen molar-refractivity contribution in [1.29, 1.82) is 0 Å². The summed E-state index contributed by atoms with van der Waals surface area (Å²) >= 11 is 2.25. The number of nitrogens with one attached hydrogen (secondary N) is 1. The van der Waals surface area contributed by atoms with Gasteiger partial charge in [0, 0.05) is 12.6 Å². The first-order valence-corrected chi connectivity index (χ1v) is 7.65. The Bertz CT molecular complexity index is 629. The zero-order valence-corrected chi connectivity index (χ0v) is 14.0. The number of aryl methyl sites for hydroxylation is 2. The Morgan fingerprint density at radius 1 is 1.30 bits per heavy atom. The van der Waals surface area contributed by atoms with E-state index in [1.807, 2.05) is 14.0 Å². The highest BCUT2D eigenvalue weighted by Crippen LogP contribution is 2.27. The van der Waals surface area contributed by atoms with E-state index in [1.54, 1.807) is 6.07 Å². The van der Waals surface area contributed by atoms with Gasteiger partial charge < -0.3 is 5.32 Å². The molecule has 0 aliphatic rings. The van der Waals surface area contributed by atoms with Crippen molar-refractivity contribution in [2.75, 3.05) is 12.4 Å². The van der Waals surface area contributed by atoms with Crippen LogP contribution in [-0.2, 0) is 6.42 Å². The summed E-state index contributed by atoms with van der Waals surface area (Å²) in [5.41, 5.74) is 2.72. The first-order chi connectivity index (χ1) is 9.56. The van der Waals surface area contributed by atoms with Crippen molar-refractivity contribution < 1.29 is 4.39 Å². The van der Waals surface area contributed by atoms with Gasteiger partial charge in [-0.2, -0.15) is 0 Å². The second-order valence-corrected chi connectivity index (χ2v) is 5.69. The molecule has 20 heavy (non-hydrogen) atoms. The first-order valence-electron chi connectivity index (χ1n) is 6.57. The predicted octanol–water partition coefficient (Wildman–Crippen LogP) is 4.19. The van der Waals surface area contributed by atoms with Gasteiger partial charge in [0.05, 0.1) is 9.26 Å². The van der Waals surface area contributed by atoms with Crippen LogP contribution in [0.3, 0.4) is 0 Å². The fourth-order valence-corrected chi connectivity index (χ4v) is 2.80. The van der Waals surface area contributed by atoms with Crippen LogP contribution >= 0.6 is 22.6 Å². The van der Waals surface area contributed by atoms with E-state index in [2.05, 4.69) is 44.8 Å². The minimum Gasteiger partial charge on any atom is -0.372 e. The molecule has 0 saturated heterocycles. The smallest absolute Gasteiger partial charge is 0.162 e. The normalized spacial score (nSPS) is 10.7. The lowest BCUT2D eigenvalue weighted by molar-refractivity contribution is 0.627. The molecule has 1 aromatic heterocycles. The van der Waals surface area contributed by atoms with Crippen molar-refractivity contribution in [3.05, 3.63) is 38.8 Å². The summed E-state index contributed by atoms with van der Waals surface area (Å²) in [5.74, 6) is 1.11. The van der Waals surface area contributed by atoms with Crippen molar-refractivity contribution in [2.45, 2.75) is 26.7 Å². The van der Waals surface area contributed by atoms with Crippen LogP contribution in [0.4, 0.5) is 10.2 Å². The Balaban J connectivity index is 2.61. The number of halogens is 2. The number of anilines is 1. The Morgan fingerprint density at radius 2 is 2.05 bits per heavy atom. The average molecular weight is 385 g/mol. The fraction of sp³-hybridized carbons (Fsp3) is 0.333. The van der Waals surface area contributed by atoms with Crippen molar-refractivity contribution in [3.63, 3.8) is 0 Å². The first kappa shape index (κ1) is 15.2. The molecule has 0 unspecified atom stereocenters. The summed E-state index contributed by atoms with van der Waals surface area (Å²) in [6, 6.07) is 4.70. The van der Waals surface area contributed by atoms with Gasteiger partial charge in [-0.15, -0.1) is 0 Å². The molecule has 1 heterocycles. The maximum Gasteiger partial charge on any atom is 0.162 e. The van der Waals surface area contributed by atoms with E-state index < -0.39 is 0 Å². The molecule has 2 rings (SSSR count). The Morgan fingerprint density at radius 3 is 2.70 bits per heavy atom. The average Bonchev–Trinajstić information content (AvgIpc) is 2.44. The van der Waals surface area contributed by atoms with Crippen LogP contribution in [-0.4, -0.2) is 17.0 Å². The Labute approximate surface area is 132 Å². The molecule has 0 bridgehead atoms. The minimum absolute atomic E-state index is 0.268. The molecule has 0 fully saturated rings. The van der Waals surface area contributed by atoms with E-state index >= 15 is 0 Å². The van der Waals surface area contributed by atoms with E-state index in [4.69, 9.17) is 0 Å². The molecule has 3 nitrogen and oxygen atoms in total. The summed E-state index contributed by atoms with van der Waals surface area (Å²) in [4.78, 5) is 9.13. The molecule has 0 spiro atoms. The van der Waals surface area contributed by atoms with Crippen LogP contribution in [0.1, 0.15) is 24.6 Å². The van der Waals surface area contributed by atoms with E-state index in [9.17, 15) is 4.39 Å². The molecule has 0 amide bonds. The molecule has 1 N–H and O–H groups in total. The third-order valence-corrected chi connectivity index (χ3v) is 4.22. The van der Waals surface area contributed by atoms with E-state index in [0.29, 0.717) is 5.82 Å². The van der Waals surface area contributed by atoms with Gasteiger partial charge in [0.15, 0.2) is 5.82 Å². The van der Waals surface area contributed by atoms with Crippen LogP contribution in [0.25, 0.3) is 11.4 Å². The Kier molecular flexibility index (Phi) is 4.91. The summed E-state index contributed by atoms with van der Waals surface area (Å²) in [7, 11) is 1.84. The van der Waals surface area contributed by atoms with Crippen LogP contribution in [0.15, 0.2) is 18.2 Å². The van der Waals surface area contributed by atoms with Gasteiger partial charge in [-0.3, -0.25) is 0 Å². The van der Waals surface area contributed by atoms with Gasteiger partial charge in [0.2, 0.25) is 0 Å². The lowest BCUT2D eigenvalue weighted by atomic mass is 10.1.